The van der Waals surface area contributed by atoms with Crippen molar-refractivity contribution in [2.24, 2.45) is 5.73 Å². The molecule has 1 heterocycles. The van der Waals surface area contributed by atoms with Gasteiger partial charge in [-0.25, -0.2) is 4.68 Å². The SMILES string of the molecule is CNC(=O)c1ccn(-c2ccc(Br)cc2CC(C)N)n1. The van der Waals surface area contributed by atoms with E-state index in [-0.39, 0.29) is 11.9 Å². The van der Waals surface area contributed by atoms with Crippen molar-refractivity contribution in [1.29, 1.82) is 0 Å². The monoisotopic (exact) mass is 336 g/mol. The Hall–Kier alpha value is -1.66. The standard InChI is InChI=1S/C14H17BrN4O/c1-9(16)7-10-8-11(15)3-4-13(10)19-6-5-12(18-19)14(20)17-2/h3-6,8-9H,7,16H2,1-2H3,(H,17,20). The zero-order chi connectivity index (χ0) is 14.7. The molecule has 1 unspecified atom stereocenters. The molecule has 1 atom stereocenters. The average Bonchev–Trinajstić information content (AvgIpc) is 2.86. The fourth-order valence-corrected chi connectivity index (χ4v) is 2.40. The van der Waals surface area contributed by atoms with E-state index in [1.54, 1.807) is 24.0 Å². The van der Waals surface area contributed by atoms with Gasteiger partial charge in [-0.05, 0) is 43.2 Å². The maximum Gasteiger partial charge on any atom is 0.271 e. The maximum absolute atomic E-state index is 11.6. The Kier molecular flexibility index (Phi) is 4.57. The zero-order valence-electron chi connectivity index (χ0n) is 11.4. The minimum absolute atomic E-state index is 0.0528. The molecule has 1 aromatic carbocycles. The topological polar surface area (TPSA) is 72.9 Å². The van der Waals surface area contributed by atoms with Crippen LogP contribution >= 0.6 is 15.9 Å². The Labute approximate surface area is 126 Å². The largest absolute Gasteiger partial charge is 0.354 e. The minimum Gasteiger partial charge on any atom is -0.354 e. The number of amides is 1. The van der Waals surface area contributed by atoms with E-state index in [2.05, 4.69) is 26.3 Å². The van der Waals surface area contributed by atoms with E-state index in [9.17, 15) is 4.79 Å². The normalized spacial score (nSPS) is 12.2. The molecule has 0 saturated carbocycles. The fraction of sp³-hybridized carbons (Fsp3) is 0.286. The Bertz CT molecular complexity index is 621. The van der Waals surface area contributed by atoms with Gasteiger partial charge >= 0.3 is 0 Å². The molecule has 1 aromatic heterocycles. The average molecular weight is 337 g/mol. The molecule has 1 amide bonds. The summed E-state index contributed by atoms with van der Waals surface area (Å²) in [7, 11) is 1.59. The number of halogens is 1. The van der Waals surface area contributed by atoms with Crippen molar-refractivity contribution < 1.29 is 4.79 Å². The molecular formula is C14H17BrN4O. The van der Waals surface area contributed by atoms with Crippen molar-refractivity contribution in [3.63, 3.8) is 0 Å². The molecule has 6 heteroatoms. The zero-order valence-corrected chi connectivity index (χ0v) is 13.0. The first-order valence-electron chi connectivity index (χ1n) is 6.33. The van der Waals surface area contributed by atoms with E-state index in [1.165, 1.54) is 0 Å². The number of carbonyl (C=O) groups is 1. The summed E-state index contributed by atoms with van der Waals surface area (Å²) in [4.78, 5) is 11.6. The molecule has 2 rings (SSSR count). The number of nitrogens with one attached hydrogen (secondary N) is 1. The molecular weight excluding hydrogens is 320 g/mol. The smallest absolute Gasteiger partial charge is 0.271 e. The predicted octanol–water partition coefficient (Wildman–Crippen LogP) is 1.88. The lowest BCUT2D eigenvalue weighted by atomic mass is 10.1. The third-order valence-electron chi connectivity index (χ3n) is 2.88. The number of hydrogen-bond acceptors (Lipinski definition) is 3. The van der Waals surface area contributed by atoms with E-state index in [0.717, 1.165) is 22.1 Å². The van der Waals surface area contributed by atoms with Crippen LogP contribution in [0.15, 0.2) is 34.9 Å². The molecule has 0 spiro atoms. The molecule has 0 aliphatic carbocycles. The Morgan fingerprint density at radius 1 is 1.50 bits per heavy atom. The van der Waals surface area contributed by atoms with Gasteiger partial charge in [0.25, 0.3) is 5.91 Å². The molecule has 106 valence electrons. The summed E-state index contributed by atoms with van der Waals surface area (Å²) < 4.78 is 2.70. The molecule has 0 bridgehead atoms. The van der Waals surface area contributed by atoms with Crippen molar-refractivity contribution >= 4 is 21.8 Å². The first-order valence-corrected chi connectivity index (χ1v) is 7.12. The molecule has 5 nitrogen and oxygen atoms in total. The van der Waals surface area contributed by atoms with Crippen LogP contribution in [0.1, 0.15) is 23.0 Å². The van der Waals surface area contributed by atoms with Gasteiger partial charge in [0.15, 0.2) is 5.69 Å². The maximum atomic E-state index is 11.6. The summed E-state index contributed by atoms with van der Waals surface area (Å²) in [5, 5.41) is 6.86. The minimum atomic E-state index is -0.199. The van der Waals surface area contributed by atoms with Crippen molar-refractivity contribution in [2.45, 2.75) is 19.4 Å². The van der Waals surface area contributed by atoms with Crippen LogP contribution in [0.3, 0.4) is 0 Å². The van der Waals surface area contributed by atoms with Gasteiger partial charge in [-0.2, -0.15) is 5.10 Å². The van der Waals surface area contributed by atoms with Crippen LogP contribution in [-0.4, -0.2) is 28.8 Å². The van der Waals surface area contributed by atoms with Crippen molar-refractivity contribution in [3.05, 3.63) is 46.2 Å². The molecule has 0 saturated heterocycles. The highest BCUT2D eigenvalue weighted by Crippen LogP contribution is 2.21. The van der Waals surface area contributed by atoms with E-state index in [1.807, 2.05) is 25.1 Å². The Balaban J connectivity index is 2.41. The van der Waals surface area contributed by atoms with Gasteiger partial charge in [0.1, 0.15) is 0 Å². The van der Waals surface area contributed by atoms with E-state index in [0.29, 0.717) is 5.69 Å². The van der Waals surface area contributed by atoms with Crippen LogP contribution in [0.4, 0.5) is 0 Å². The van der Waals surface area contributed by atoms with Gasteiger partial charge in [0, 0.05) is 23.8 Å². The first kappa shape index (κ1) is 14.7. The van der Waals surface area contributed by atoms with Crippen molar-refractivity contribution in [2.75, 3.05) is 7.05 Å². The summed E-state index contributed by atoms with van der Waals surface area (Å²) in [5.74, 6) is -0.199. The van der Waals surface area contributed by atoms with Gasteiger partial charge < -0.3 is 11.1 Å². The van der Waals surface area contributed by atoms with Crippen molar-refractivity contribution in [1.82, 2.24) is 15.1 Å². The number of nitrogens with two attached hydrogens (primary N) is 1. The second kappa shape index (κ2) is 6.19. The summed E-state index contributed by atoms with van der Waals surface area (Å²) in [6.45, 7) is 1.96. The summed E-state index contributed by atoms with van der Waals surface area (Å²) >= 11 is 3.46. The van der Waals surface area contributed by atoms with Crippen LogP contribution in [0, 0.1) is 0 Å². The lowest BCUT2D eigenvalue weighted by Crippen LogP contribution is -2.20. The third kappa shape index (κ3) is 3.26. The van der Waals surface area contributed by atoms with Crippen LogP contribution in [0.5, 0.6) is 0 Å². The quantitative estimate of drug-likeness (QED) is 0.895. The molecule has 0 radical (unpaired) electrons. The lowest BCUT2D eigenvalue weighted by molar-refractivity contribution is 0.0957. The van der Waals surface area contributed by atoms with Gasteiger partial charge in [-0.3, -0.25) is 4.79 Å². The highest BCUT2D eigenvalue weighted by Gasteiger charge is 2.12. The fourth-order valence-electron chi connectivity index (χ4n) is 2.00. The first-order chi connectivity index (χ1) is 9.51. The van der Waals surface area contributed by atoms with Crippen LogP contribution in [-0.2, 0) is 6.42 Å². The number of rotatable bonds is 4. The van der Waals surface area contributed by atoms with Crippen LogP contribution in [0.25, 0.3) is 5.69 Å². The number of hydrogen-bond donors (Lipinski definition) is 2. The van der Waals surface area contributed by atoms with Crippen LogP contribution < -0.4 is 11.1 Å². The number of nitrogens with zero attached hydrogens (tertiary/aromatic N) is 2. The van der Waals surface area contributed by atoms with E-state index >= 15 is 0 Å². The molecule has 0 fully saturated rings. The number of aromatic nitrogens is 2. The molecule has 0 aliphatic heterocycles. The summed E-state index contributed by atoms with van der Waals surface area (Å²) in [6, 6.07) is 7.68. The molecule has 20 heavy (non-hydrogen) atoms. The predicted molar refractivity (Wildman–Crippen MR) is 82.0 cm³/mol. The van der Waals surface area contributed by atoms with Gasteiger partial charge in [-0.15, -0.1) is 0 Å². The molecule has 2 aromatic rings. The second-order valence-corrected chi connectivity index (χ2v) is 5.59. The van der Waals surface area contributed by atoms with Crippen LogP contribution in [0.2, 0.25) is 0 Å². The number of carbonyl (C=O) groups excluding carboxylic acids is 1. The van der Waals surface area contributed by atoms with E-state index < -0.39 is 0 Å². The molecule has 0 aliphatic rings. The van der Waals surface area contributed by atoms with Gasteiger partial charge in [0.05, 0.1) is 5.69 Å². The Morgan fingerprint density at radius 2 is 2.25 bits per heavy atom. The van der Waals surface area contributed by atoms with Crippen molar-refractivity contribution in [3.8, 4) is 5.69 Å². The lowest BCUT2D eigenvalue weighted by Gasteiger charge is -2.12. The Morgan fingerprint density at radius 3 is 2.90 bits per heavy atom. The second-order valence-electron chi connectivity index (χ2n) is 4.68. The van der Waals surface area contributed by atoms with Gasteiger partial charge in [-0.1, -0.05) is 15.9 Å². The highest BCUT2D eigenvalue weighted by atomic mass is 79.9. The highest BCUT2D eigenvalue weighted by molar-refractivity contribution is 9.10. The third-order valence-corrected chi connectivity index (χ3v) is 3.37. The van der Waals surface area contributed by atoms with Gasteiger partial charge in [0.2, 0.25) is 0 Å². The van der Waals surface area contributed by atoms with E-state index in [4.69, 9.17) is 5.73 Å². The summed E-state index contributed by atoms with van der Waals surface area (Å²) in [5.41, 5.74) is 8.29. The number of benzene rings is 1. The molecule has 3 N–H and O–H groups in total. The summed E-state index contributed by atoms with van der Waals surface area (Å²) in [6.07, 6.45) is 2.52.